The second-order valence-electron chi connectivity index (χ2n) is 4.95. The maximum atomic E-state index is 5.97. The number of hydrogen-bond donors (Lipinski definition) is 2. The van der Waals surface area contributed by atoms with Gasteiger partial charge in [0, 0.05) is 24.1 Å². The zero-order chi connectivity index (χ0) is 13.7. The van der Waals surface area contributed by atoms with E-state index in [0.717, 1.165) is 24.1 Å². The first kappa shape index (κ1) is 13.6. The molecule has 0 fully saturated rings. The van der Waals surface area contributed by atoms with Gasteiger partial charge in [-0.3, -0.25) is 4.98 Å². The molecule has 1 heterocycles. The lowest BCUT2D eigenvalue weighted by Crippen LogP contribution is -2.30. The Morgan fingerprint density at radius 2 is 1.89 bits per heavy atom. The standard InChI is InChI=1S/C16H21N3/c1-12-3-5-13(6-4-12)9-15(18-2)10-14-11-19-8-7-16(14)17/h3-8,11,15,18H,9-10H2,1-2H3,(H2,17,19). The number of nitrogen functional groups attached to an aromatic ring is 1. The summed E-state index contributed by atoms with van der Waals surface area (Å²) in [5.74, 6) is 0. The van der Waals surface area contributed by atoms with Gasteiger partial charge in [0.05, 0.1) is 0 Å². The molecule has 0 saturated heterocycles. The lowest BCUT2D eigenvalue weighted by Gasteiger charge is -2.17. The summed E-state index contributed by atoms with van der Waals surface area (Å²) in [5.41, 5.74) is 10.5. The highest BCUT2D eigenvalue weighted by Gasteiger charge is 2.10. The molecule has 3 nitrogen and oxygen atoms in total. The van der Waals surface area contributed by atoms with Gasteiger partial charge in [-0.05, 0) is 44.0 Å². The first-order valence-electron chi connectivity index (χ1n) is 6.60. The number of hydrogen-bond acceptors (Lipinski definition) is 3. The van der Waals surface area contributed by atoms with E-state index in [2.05, 4.69) is 41.5 Å². The van der Waals surface area contributed by atoms with Gasteiger partial charge >= 0.3 is 0 Å². The van der Waals surface area contributed by atoms with Crippen LogP contribution in [0.5, 0.6) is 0 Å². The van der Waals surface area contributed by atoms with Crippen LogP contribution in [0.4, 0.5) is 5.69 Å². The van der Waals surface area contributed by atoms with Crippen LogP contribution in [0.25, 0.3) is 0 Å². The van der Waals surface area contributed by atoms with Crippen molar-refractivity contribution in [1.82, 2.24) is 10.3 Å². The molecule has 2 rings (SSSR count). The maximum Gasteiger partial charge on any atom is 0.0378 e. The highest BCUT2D eigenvalue weighted by Crippen LogP contribution is 2.14. The van der Waals surface area contributed by atoms with Crippen LogP contribution in [-0.4, -0.2) is 18.1 Å². The zero-order valence-corrected chi connectivity index (χ0v) is 11.6. The van der Waals surface area contributed by atoms with Gasteiger partial charge in [-0.1, -0.05) is 29.8 Å². The molecule has 1 aromatic heterocycles. The van der Waals surface area contributed by atoms with E-state index in [1.807, 2.05) is 19.3 Å². The monoisotopic (exact) mass is 255 g/mol. The number of aromatic nitrogens is 1. The van der Waals surface area contributed by atoms with Crippen molar-refractivity contribution in [2.75, 3.05) is 12.8 Å². The average molecular weight is 255 g/mol. The number of benzene rings is 1. The first-order valence-corrected chi connectivity index (χ1v) is 6.60. The van der Waals surface area contributed by atoms with Gasteiger partial charge in [0.15, 0.2) is 0 Å². The van der Waals surface area contributed by atoms with Crippen LogP contribution < -0.4 is 11.1 Å². The van der Waals surface area contributed by atoms with E-state index in [-0.39, 0.29) is 0 Å². The third-order valence-electron chi connectivity index (χ3n) is 3.42. The van der Waals surface area contributed by atoms with Crippen LogP contribution in [0, 0.1) is 6.92 Å². The van der Waals surface area contributed by atoms with Crippen molar-refractivity contribution < 1.29 is 0 Å². The van der Waals surface area contributed by atoms with Crippen molar-refractivity contribution in [3.63, 3.8) is 0 Å². The third-order valence-corrected chi connectivity index (χ3v) is 3.42. The molecule has 0 saturated carbocycles. The first-order chi connectivity index (χ1) is 9.19. The van der Waals surface area contributed by atoms with E-state index in [1.54, 1.807) is 6.20 Å². The lowest BCUT2D eigenvalue weighted by molar-refractivity contribution is 0.556. The van der Waals surface area contributed by atoms with Crippen LogP contribution in [0.3, 0.4) is 0 Å². The zero-order valence-electron chi connectivity index (χ0n) is 11.6. The van der Waals surface area contributed by atoms with Crippen molar-refractivity contribution >= 4 is 5.69 Å². The van der Waals surface area contributed by atoms with Crippen molar-refractivity contribution in [3.8, 4) is 0 Å². The largest absolute Gasteiger partial charge is 0.398 e. The summed E-state index contributed by atoms with van der Waals surface area (Å²) in [6.45, 7) is 2.11. The number of nitrogens with one attached hydrogen (secondary N) is 1. The third kappa shape index (κ3) is 3.80. The molecule has 0 spiro atoms. The predicted molar refractivity (Wildman–Crippen MR) is 80.1 cm³/mol. The molecule has 0 aliphatic heterocycles. The Hall–Kier alpha value is -1.87. The minimum Gasteiger partial charge on any atom is -0.398 e. The number of rotatable bonds is 5. The lowest BCUT2D eigenvalue weighted by atomic mass is 9.98. The fourth-order valence-corrected chi connectivity index (χ4v) is 2.16. The SMILES string of the molecule is CNC(Cc1ccc(C)cc1)Cc1cnccc1N. The summed E-state index contributed by atoms with van der Waals surface area (Å²) in [6.07, 6.45) is 5.47. The minimum absolute atomic E-state index is 0.370. The highest BCUT2D eigenvalue weighted by atomic mass is 14.9. The fraction of sp³-hybridized carbons (Fsp3) is 0.312. The molecule has 1 atom stereocenters. The van der Waals surface area contributed by atoms with Crippen LogP contribution in [0.15, 0.2) is 42.7 Å². The molecule has 1 unspecified atom stereocenters. The van der Waals surface area contributed by atoms with E-state index in [9.17, 15) is 0 Å². The summed E-state index contributed by atoms with van der Waals surface area (Å²) < 4.78 is 0. The van der Waals surface area contributed by atoms with Crippen molar-refractivity contribution in [1.29, 1.82) is 0 Å². The number of likely N-dealkylation sites (N-methyl/N-ethyl adjacent to an activating group) is 1. The van der Waals surface area contributed by atoms with Crippen LogP contribution >= 0.6 is 0 Å². The van der Waals surface area contributed by atoms with Gasteiger partial charge in [-0.15, -0.1) is 0 Å². The van der Waals surface area contributed by atoms with E-state index in [4.69, 9.17) is 5.73 Å². The average Bonchev–Trinajstić information content (AvgIpc) is 2.43. The molecule has 19 heavy (non-hydrogen) atoms. The number of pyridine rings is 1. The molecule has 2 aromatic rings. The topological polar surface area (TPSA) is 50.9 Å². The Kier molecular flexibility index (Phi) is 4.53. The Morgan fingerprint density at radius 3 is 2.53 bits per heavy atom. The molecular weight excluding hydrogens is 234 g/mol. The molecular formula is C16H21N3. The van der Waals surface area contributed by atoms with E-state index < -0.39 is 0 Å². The smallest absolute Gasteiger partial charge is 0.0378 e. The second kappa shape index (κ2) is 6.34. The molecule has 100 valence electrons. The van der Waals surface area contributed by atoms with Crippen molar-refractivity contribution in [3.05, 3.63) is 59.4 Å². The van der Waals surface area contributed by atoms with Crippen LogP contribution in [0.2, 0.25) is 0 Å². The highest BCUT2D eigenvalue weighted by molar-refractivity contribution is 5.44. The van der Waals surface area contributed by atoms with Gasteiger partial charge in [-0.25, -0.2) is 0 Å². The molecule has 3 heteroatoms. The van der Waals surface area contributed by atoms with E-state index in [1.165, 1.54) is 11.1 Å². The van der Waals surface area contributed by atoms with E-state index >= 15 is 0 Å². The summed E-state index contributed by atoms with van der Waals surface area (Å²) >= 11 is 0. The maximum absolute atomic E-state index is 5.97. The molecule has 0 amide bonds. The Labute approximate surface area is 114 Å². The Morgan fingerprint density at radius 1 is 1.16 bits per heavy atom. The second-order valence-corrected chi connectivity index (χ2v) is 4.95. The quantitative estimate of drug-likeness (QED) is 0.862. The van der Waals surface area contributed by atoms with Gasteiger partial charge in [0.1, 0.15) is 0 Å². The molecule has 3 N–H and O–H groups in total. The summed E-state index contributed by atoms with van der Waals surface area (Å²) in [5, 5.41) is 3.36. The van der Waals surface area contributed by atoms with Gasteiger partial charge in [-0.2, -0.15) is 0 Å². The van der Waals surface area contributed by atoms with Crippen molar-refractivity contribution in [2.24, 2.45) is 0 Å². The Balaban J connectivity index is 2.05. The van der Waals surface area contributed by atoms with Gasteiger partial charge in [0.25, 0.3) is 0 Å². The number of anilines is 1. The van der Waals surface area contributed by atoms with E-state index in [0.29, 0.717) is 6.04 Å². The van der Waals surface area contributed by atoms with Crippen LogP contribution in [-0.2, 0) is 12.8 Å². The van der Waals surface area contributed by atoms with Crippen LogP contribution in [0.1, 0.15) is 16.7 Å². The number of nitrogens with two attached hydrogens (primary N) is 1. The molecule has 0 radical (unpaired) electrons. The molecule has 0 aliphatic carbocycles. The van der Waals surface area contributed by atoms with Crippen molar-refractivity contribution in [2.45, 2.75) is 25.8 Å². The summed E-state index contributed by atoms with van der Waals surface area (Å²) in [6, 6.07) is 10.9. The van der Waals surface area contributed by atoms with Gasteiger partial charge < -0.3 is 11.1 Å². The summed E-state index contributed by atoms with van der Waals surface area (Å²) in [4.78, 5) is 4.14. The fourth-order valence-electron chi connectivity index (χ4n) is 2.16. The normalized spacial score (nSPS) is 12.3. The number of nitrogens with zero attached hydrogens (tertiary/aromatic N) is 1. The Bertz CT molecular complexity index is 520. The summed E-state index contributed by atoms with van der Waals surface area (Å²) in [7, 11) is 1.99. The molecule has 0 bridgehead atoms. The number of aryl methyl sites for hydroxylation is 1. The van der Waals surface area contributed by atoms with Gasteiger partial charge in [0.2, 0.25) is 0 Å². The predicted octanol–water partition coefficient (Wildman–Crippen LogP) is 2.35. The molecule has 0 aliphatic rings. The minimum atomic E-state index is 0.370. The molecule has 1 aromatic carbocycles.